The molecule has 0 aromatic carbocycles. The third-order valence-corrected chi connectivity index (χ3v) is 2.36. The lowest BCUT2D eigenvalue weighted by molar-refractivity contribution is -0.138. The van der Waals surface area contributed by atoms with Gasteiger partial charge in [-0.15, -0.1) is 0 Å². The average molecular weight is 251 g/mol. The molecule has 6 heteroatoms. The van der Waals surface area contributed by atoms with Crippen molar-refractivity contribution in [2.45, 2.75) is 26.3 Å². The molecule has 0 bridgehead atoms. The van der Waals surface area contributed by atoms with Crippen LogP contribution in [0.3, 0.4) is 0 Å². The normalized spacial score (nSPS) is 12.2. The fourth-order valence-electron chi connectivity index (χ4n) is 1.55. The van der Waals surface area contributed by atoms with Crippen LogP contribution in [-0.4, -0.2) is 28.0 Å². The highest BCUT2D eigenvalue weighted by molar-refractivity contribution is 5.91. The van der Waals surface area contributed by atoms with Crippen molar-refractivity contribution < 1.29 is 14.7 Å². The van der Waals surface area contributed by atoms with Gasteiger partial charge in [0, 0.05) is 11.9 Å². The summed E-state index contributed by atoms with van der Waals surface area (Å²) in [4.78, 5) is 25.8. The maximum atomic E-state index is 11.1. The number of carboxylic acid groups (broad SMARTS) is 1. The third-order valence-electron chi connectivity index (χ3n) is 2.36. The number of amides is 1. The summed E-state index contributed by atoms with van der Waals surface area (Å²) in [6, 6.07) is 2.34. The quantitative estimate of drug-likeness (QED) is 0.701. The number of nitrogens with two attached hydrogens (primary N) is 1. The second kappa shape index (κ2) is 6.00. The van der Waals surface area contributed by atoms with Crippen LogP contribution in [0, 0.1) is 5.92 Å². The molecule has 0 radical (unpaired) electrons. The van der Waals surface area contributed by atoms with Gasteiger partial charge in [0.1, 0.15) is 11.7 Å². The van der Waals surface area contributed by atoms with Crippen molar-refractivity contribution >= 4 is 17.6 Å². The predicted molar refractivity (Wildman–Crippen MR) is 67.3 cm³/mol. The minimum atomic E-state index is -0.930. The van der Waals surface area contributed by atoms with Gasteiger partial charge in [0.2, 0.25) is 0 Å². The maximum absolute atomic E-state index is 11.1. The number of carbonyl (C=O) groups is 2. The van der Waals surface area contributed by atoms with Crippen molar-refractivity contribution in [3.05, 3.63) is 24.0 Å². The Hall–Kier alpha value is -2.11. The molecule has 0 aliphatic heterocycles. The van der Waals surface area contributed by atoms with Crippen molar-refractivity contribution in [1.82, 2.24) is 4.98 Å². The van der Waals surface area contributed by atoms with Crippen LogP contribution < -0.4 is 11.1 Å². The van der Waals surface area contributed by atoms with E-state index >= 15 is 0 Å². The molecule has 98 valence electrons. The fourth-order valence-corrected chi connectivity index (χ4v) is 1.55. The Morgan fingerprint density at radius 1 is 1.50 bits per heavy atom. The maximum Gasteiger partial charge on any atom is 0.326 e. The van der Waals surface area contributed by atoms with Crippen LogP contribution in [0.15, 0.2) is 18.3 Å². The highest BCUT2D eigenvalue weighted by atomic mass is 16.4. The first-order valence-corrected chi connectivity index (χ1v) is 5.65. The van der Waals surface area contributed by atoms with Gasteiger partial charge in [-0.3, -0.25) is 9.78 Å². The number of primary amides is 1. The Morgan fingerprint density at radius 2 is 2.17 bits per heavy atom. The van der Waals surface area contributed by atoms with E-state index in [1.807, 2.05) is 13.8 Å². The molecular weight excluding hydrogens is 234 g/mol. The van der Waals surface area contributed by atoms with Crippen LogP contribution >= 0.6 is 0 Å². The Morgan fingerprint density at radius 3 is 2.67 bits per heavy atom. The van der Waals surface area contributed by atoms with E-state index in [-0.39, 0.29) is 11.6 Å². The highest BCUT2D eigenvalue weighted by Gasteiger charge is 2.18. The van der Waals surface area contributed by atoms with Gasteiger partial charge < -0.3 is 16.2 Å². The number of carboxylic acids is 1. The molecule has 1 rings (SSSR count). The smallest absolute Gasteiger partial charge is 0.326 e. The van der Waals surface area contributed by atoms with Gasteiger partial charge in [-0.1, -0.05) is 13.8 Å². The lowest BCUT2D eigenvalue weighted by Gasteiger charge is -2.17. The molecule has 0 aliphatic rings. The summed E-state index contributed by atoms with van der Waals surface area (Å²) >= 11 is 0. The summed E-state index contributed by atoms with van der Waals surface area (Å²) in [7, 11) is 0. The van der Waals surface area contributed by atoms with E-state index in [0.717, 1.165) is 0 Å². The lowest BCUT2D eigenvalue weighted by Crippen LogP contribution is -2.30. The molecule has 1 aromatic rings. The van der Waals surface area contributed by atoms with Crippen molar-refractivity contribution in [3.8, 4) is 0 Å². The monoisotopic (exact) mass is 251 g/mol. The van der Waals surface area contributed by atoms with Gasteiger partial charge in [-0.05, 0) is 24.5 Å². The number of hydrogen-bond donors (Lipinski definition) is 3. The molecule has 4 N–H and O–H groups in total. The zero-order valence-corrected chi connectivity index (χ0v) is 10.4. The summed E-state index contributed by atoms with van der Waals surface area (Å²) in [5.41, 5.74) is 5.73. The molecule has 0 aliphatic carbocycles. The zero-order chi connectivity index (χ0) is 13.7. The van der Waals surface area contributed by atoms with Crippen LogP contribution in [0.5, 0.6) is 0 Å². The number of hydrogen-bond acceptors (Lipinski definition) is 4. The lowest BCUT2D eigenvalue weighted by atomic mass is 10.0. The van der Waals surface area contributed by atoms with E-state index in [1.165, 1.54) is 12.3 Å². The summed E-state index contributed by atoms with van der Waals surface area (Å²) in [6.45, 7) is 3.89. The first kappa shape index (κ1) is 14.0. The van der Waals surface area contributed by atoms with Gasteiger partial charge in [0.05, 0.1) is 0 Å². The molecule has 1 heterocycles. The minimum absolute atomic E-state index is 0.105. The molecule has 18 heavy (non-hydrogen) atoms. The number of carbonyl (C=O) groups excluding carboxylic acids is 1. The number of anilines is 1. The summed E-state index contributed by atoms with van der Waals surface area (Å²) in [5, 5.41) is 11.9. The molecule has 0 spiro atoms. The zero-order valence-electron chi connectivity index (χ0n) is 10.4. The van der Waals surface area contributed by atoms with E-state index in [1.54, 1.807) is 6.07 Å². The largest absolute Gasteiger partial charge is 0.480 e. The Kier molecular flexibility index (Phi) is 4.65. The molecule has 1 atom stereocenters. The van der Waals surface area contributed by atoms with Gasteiger partial charge in [0.15, 0.2) is 0 Å². The van der Waals surface area contributed by atoms with Crippen molar-refractivity contribution in [2.75, 3.05) is 5.32 Å². The molecule has 1 unspecified atom stereocenters. The molecular formula is C12H17N3O3. The predicted octanol–water partition coefficient (Wildman–Crippen LogP) is 1.09. The van der Waals surface area contributed by atoms with E-state index in [9.17, 15) is 9.59 Å². The van der Waals surface area contributed by atoms with E-state index in [2.05, 4.69) is 10.3 Å². The van der Waals surface area contributed by atoms with Crippen molar-refractivity contribution in [3.63, 3.8) is 0 Å². The average Bonchev–Trinajstić information content (AvgIpc) is 2.27. The van der Waals surface area contributed by atoms with Crippen molar-refractivity contribution in [1.29, 1.82) is 0 Å². The Bertz CT molecular complexity index is 446. The number of nitrogens with one attached hydrogen (secondary N) is 1. The SMILES string of the molecule is CC(C)CC(Nc1ccnc(C(N)=O)c1)C(=O)O. The number of aliphatic carboxylic acids is 1. The van der Waals surface area contributed by atoms with Crippen LogP contribution in [-0.2, 0) is 4.79 Å². The van der Waals surface area contributed by atoms with Crippen LogP contribution in [0.25, 0.3) is 0 Å². The number of rotatable bonds is 6. The van der Waals surface area contributed by atoms with Crippen LogP contribution in [0.1, 0.15) is 30.8 Å². The standard InChI is InChI=1S/C12H17N3O3/c1-7(2)5-10(12(17)18)15-8-3-4-14-9(6-8)11(13)16/h3-4,6-7,10H,5H2,1-2H3,(H2,13,16)(H,14,15)(H,17,18). The first-order valence-electron chi connectivity index (χ1n) is 5.65. The second-order valence-corrected chi connectivity index (χ2v) is 4.46. The third kappa shape index (κ3) is 4.04. The van der Waals surface area contributed by atoms with Crippen LogP contribution in [0.4, 0.5) is 5.69 Å². The number of nitrogens with zero attached hydrogens (tertiary/aromatic N) is 1. The Labute approximate surface area is 105 Å². The highest BCUT2D eigenvalue weighted by Crippen LogP contribution is 2.14. The minimum Gasteiger partial charge on any atom is -0.480 e. The second-order valence-electron chi connectivity index (χ2n) is 4.46. The van der Waals surface area contributed by atoms with Crippen molar-refractivity contribution in [2.24, 2.45) is 11.7 Å². The molecule has 6 nitrogen and oxygen atoms in total. The fraction of sp³-hybridized carbons (Fsp3) is 0.417. The van der Waals surface area contributed by atoms with E-state index in [0.29, 0.717) is 12.1 Å². The number of aromatic nitrogens is 1. The molecule has 0 fully saturated rings. The van der Waals surface area contributed by atoms with Gasteiger partial charge in [-0.25, -0.2) is 4.79 Å². The summed E-state index contributed by atoms with van der Waals surface area (Å²) in [6.07, 6.45) is 1.90. The molecule has 0 saturated carbocycles. The molecule has 1 aromatic heterocycles. The summed E-state index contributed by atoms with van der Waals surface area (Å²) in [5.74, 6) is -1.33. The van der Waals surface area contributed by atoms with Gasteiger partial charge in [0.25, 0.3) is 5.91 Å². The first-order chi connectivity index (χ1) is 8.40. The molecule has 0 saturated heterocycles. The Balaban J connectivity index is 2.83. The molecule has 1 amide bonds. The van der Waals surface area contributed by atoms with Gasteiger partial charge >= 0.3 is 5.97 Å². The van der Waals surface area contributed by atoms with Crippen LogP contribution in [0.2, 0.25) is 0 Å². The van der Waals surface area contributed by atoms with E-state index in [4.69, 9.17) is 10.8 Å². The summed E-state index contributed by atoms with van der Waals surface area (Å²) < 4.78 is 0. The number of pyridine rings is 1. The topological polar surface area (TPSA) is 105 Å². The van der Waals surface area contributed by atoms with E-state index < -0.39 is 17.9 Å². The van der Waals surface area contributed by atoms with Gasteiger partial charge in [-0.2, -0.15) is 0 Å².